The Labute approximate surface area is 114 Å². The molecule has 1 saturated carbocycles. The van der Waals surface area contributed by atoms with Crippen LogP contribution in [0.15, 0.2) is 35.2 Å². The Hall–Kier alpha value is -0.620. The van der Waals surface area contributed by atoms with E-state index in [1.54, 1.807) is 30.3 Å². The lowest BCUT2D eigenvalue weighted by Crippen LogP contribution is -2.51. The van der Waals surface area contributed by atoms with E-state index in [0.29, 0.717) is 11.4 Å². The number of sulfonamides is 1. The summed E-state index contributed by atoms with van der Waals surface area (Å²) in [6.45, 7) is 0.360. The third-order valence-corrected chi connectivity index (χ3v) is 4.95. The second-order valence-electron chi connectivity index (χ2n) is 4.61. The van der Waals surface area contributed by atoms with Crippen LogP contribution in [0.5, 0.6) is 0 Å². The highest BCUT2D eigenvalue weighted by molar-refractivity contribution is 7.89. The van der Waals surface area contributed by atoms with Crippen LogP contribution in [0.25, 0.3) is 0 Å². The van der Waals surface area contributed by atoms with E-state index in [9.17, 15) is 8.42 Å². The first-order valence-electron chi connectivity index (χ1n) is 5.87. The van der Waals surface area contributed by atoms with Gasteiger partial charge in [-0.15, -0.1) is 12.4 Å². The van der Waals surface area contributed by atoms with Crippen LogP contribution in [0, 0.1) is 0 Å². The Bertz CT molecular complexity index is 470. The van der Waals surface area contributed by atoms with Gasteiger partial charge >= 0.3 is 0 Å². The van der Waals surface area contributed by atoms with Gasteiger partial charge in [0.05, 0.1) is 4.90 Å². The summed E-state index contributed by atoms with van der Waals surface area (Å²) in [6.07, 6.45) is 3.73. The molecule has 1 aromatic carbocycles. The van der Waals surface area contributed by atoms with Gasteiger partial charge in [0.2, 0.25) is 10.0 Å². The second-order valence-corrected chi connectivity index (χ2v) is 6.29. The molecule has 0 radical (unpaired) electrons. The maximum atomic E-state index is 12.2. The summed E-state index contributed by atoms with van der Waals surface area (Å²) < 4.78 is 27.2. The smallest absolute Gasteiger partial charge is 0.241 e. The highest BCUT2D eigenvalue weighted by atomic mass is 35.5. The van der Waals surface area contributed by atoms with Crippen molar-refractivity contribution in [1.29, 1.82) is 0 Å². The summed E-state index contributed by atoms with van der Waals surface area (Å²) >= 11 is 0. The minimum absolute atomic E-state index is 0. The third kappa shape index (κ3) is 3.23. The maximum absolute atomic E-state index is 12.2. The van der Waals surface area contributed by atoms with Crippen molar-refractivity contribution < 1.29 is 8.42 Å². The standard InChI is InChI=1S/C12H18N2O2S.ClH/c13-10-12(8-4-5-9-12)14-17(15,16)11-6-2-1-3-7-11;/h1-3,6-7,14H,4-5,8-10,13H2;1H. The van der Waals surface area contributed by atoms with Crippen LogP contribution in [0.4, 0.5) is 0 Å². The molecule has 0 spiro atoms. The van der Waals surface area contributed by atoms with Crippen LogP contribution in [-0.4, -0.2) is 20.5 Å². The van der Waals surface area contributed by atoms with Crippen molar-refractivity contribution in [2.75, 3.05) is 6.54 Å². The van der Waals surface area contributed by atoms with E-state index in [1.807, 2.05) is 0 Å². The molecular weight excluding hydrogens is 272 g/mol. The Morgan fingerprint density at radius 1 is 1.17 bits per heavy atom. The zero-order valence-electron chi connectivity index (χ0n) is 10.1. The lowest BCUT2D eigenvalue weighted by molar-refractivity contribution is 0.399. The first-order chi connectivity index (χ1) is 8.08. The van der Waals surface area contributed by atoms with Crippen molar-refractivity contribution in [2.45, 2.75) is 36.1 Å². The Morgan fingerprint density at radius 2 is 1.72 bits per heavy atom. The van der Waals surface area contributed by atoms with Crippen LogP contribution in [0.3, 0.4) is 0 Å². The normalized spacial score (nSPS) is 18.3. The molecule has 0 unspecified atom stereocenters. The molecule has 0 bridgehead atoms. The summed E-state index contributed by atoms with van der Waals surface area (Å²) in [4.78, 5) is 0.305. The predicted octanol–water partition coefficient (Wildman–Crippen LogP) is 1.66. The highest BCUT2D eigenvalue weighted by Crippen LogP contribution is 2.30. The number of nitrogens with two attached hydrogens (primary N) is 1. The Kier molecular flexibility index (Phi) is 5.16. The van der Waals surface area contributed by atoms with Crippen LogP contribution in [0.1, 0.15) is 25.7 Å². The van der Waals surface area contributed by atoms with Gasteiger partial charge in [0.25, 0.3) is 0 Å². The average molecular weight is 291 g/mol. The first kappa shape index (κ1) is 15.4. The van der Waals surface area contributed by atoms with Crippen molar-refractivity contribution in [3.05, 3.63) is 30.3 Å². The molecule has 0 aromatic heterocycles. The van der Waals surface area contributed by atoms with Crippen LogP contribution >= 0.6 is 12.4 Å². The minimum Gasteiger partial charge on any atom is -0.329 e. The molecule has 2 rings (SSSR count). The summed E-state index contributed by atoms with van der Waals surface area (Å²) in [7, 11) is -3.44. The molecule has 0 saturated heterocycles. The largest absolute Gasteiger partial charge is 0.329 e. The van der Waals surface area contributed by atoms with Crippen molar-refractivity contribution >= 4 is 22.4 Å². The molecule has 1 aliphatic carbocycles. The topological polar surface area (TPSA) is 72.2 Å². The van der Waals surface area contributed by atoms with Gasteiger partial charge < -0.3 is 5.73 Å². The average Bonchev–Trinajstić information content (AvgIpc) is 2.79. The molecule has 1 aliphatic rings. The van der Waals surface area contributed by atoms with Gasteiger partial charge in [-0.3, -0.25) is 0 Å². The van der Waals surface area contributed by atoms with Crippen LogP contribution in [-0.2, 0) is 10.0 Å². The number of nitrogens with one attached hydrogen (secondary N) is 1. The SMILES string of the molecule is Cl.NCC1(NS(=O)(=O)c2ccccc2)CCCC1. The van der Waals surface area contributed by atoms with Crippen LogP contribution in [0.2, 0.25) is 0 Å². The highest BCUT2D eigenvalue weighted by Gasteiger charge is 2.36. The quantitative estimate of drug-likeness (QED) is 0.886. The van der Waals surface area contributed by atoms with E-state index >= 15 is 0 Å². The Balaban J connectivity index is 0.00000162. The fourth-order valence-corrected chi connectivity index (χ4v) is 3.83. The second kappa shape index (κ2) is 6.02. The summed E-state index contributed by atoms with van der Waals surface area (Å²) in [5.74, 6) is 0. The lowest BCUT2D eigenvalue weighted by Gasteiger charge is -2.28. The van der Waals surface area contributed by atoms with E-state index in [2.05, 4.69) is 4.72 Å². The summed E-state index contributed by atoms with van der Waals surface area (Å²) in [5.41, 5.74) is 5.29. The van der Waals surface area contributed by atoms with Gasteiger partial charge in [0, 0.05) is 12.1 Å². The van der Waals surface area contributed by atoms with Crippen molar-refractivity contribution in [1.82, 2.24) is 4.72 Å². The first-order valence-corrected chi connectivity index (χ1v) is 7.35. The van der Waals surface area contributed by atoms with E-state index in [-0.39, 0.29) is 12.4 Å². The van der Waals surface area contributed by atoms with Crippen LogP contribution < -0.4 is 10.5 Å². The molecule has 0 aliphatic heterocycles. The van der Waals surface area contributed by atoms with Gasteiger partial charge in [-0.2, -0.15) is 0 Å². The molecule has 1 aromatic rings. The fraction of sp³-hybridized carbons (Fsp3) is 0.500. The van der Waals surface area contributed by atoms with Gasteiger partial charge in [0.1, 0.15) is 0 Å². The van der Waals surface area contributed by atoms with E-state index < -0.39 is 15.6 Å². The number of rotatable bonds is 4. The monoisotopic (exact) mass is 290 g/mol. The number of halogens is 1. The van der Waals surface area contributed by atoms with Gasteiger partial charge in [0.15, 0.2) is 0 Å². The lowest BCUT2D eigenvalue weighted by atomic mass is 10.0. The Morgan fingerprint density at radius 3 is 2.22 bits per heavy atom. The van der Waals surface area contributed by atoms with E-state index in [1.165, 1.54) is 0 Å². The molecule has 1 fully saturated rings. The van der Waals surface area contributed by atoms with Crippen molar-refractivity contribution in [3.8, 4) is 0 Å². The van der Waals surface area contributed by atoms with Crippen molar-refractivity contribution in [3.63, 3.8) is 0 Å². The minimum atomic E-state index is -3.44. The molecule has 0 heterocycles. The number of hydrogen-bond acceptors (Lipinski definition) is 3. The third-order valence-electron chi connectivity index (χ3n) is 3.36. The molecule has 4 nitrogen and oxygen atoms in total. The predicted molar refractivity (Wildman–Crippen MR) is 74.3 cm³/mol. The zero-order chi connectivity index (χ0) is 12.4. The maximum Gasteiger partial charge on any atom is 0.241 e. The van der Waals surface area contributed by atoms with Gasteiger partial charge in [-0.25, -0.2) is 13.1 Å². The molecule has 6 heteroatoms. The number of hydrogen-bond donors (Lipinski definition) is 2. The molecular formula is C12H19ClN2O2S. The fourth-order valence-electron chi connectivity index (χ4n) is 2.34. The van der Waals surface area contributed by atoms with Gasteiger partial charge in [-0.05, 0) is 25.0 Å². The van der Waals surface area contributed by atoms with Gasteiger partial charge in [-0.1, -0.05) is 31.0 Å². The summed E-state index contributed by atoms with van der Waals surface area (Å²) in [5, 5.41) is 0. The molecule has 0 atom stereocenters. The van der Waals surface area contributed by atoms with E-state index in [4.69, 9.17) is 5.73 Å². The van der Waals surface area contributed by atoms with E-state index in [0.717, 1.165) is 25.7 Å². The summed E-state index contributed by atoms with van der Waals surface area (Å²) in [6, 6.07) is 8.44. The molecule has 3 N–H and O–H groups in total. The van der Waals surface area contributed by atoms with Crippen molar-refractivity contribution in [2.24, 2.45) is 5.73 Å². The zero-order valence-corrected chi connectivity index (χ0v) is 11.8. The molecule has 0 amide bonds. The molecule has 18 heavy (non-hydrogen) atoms. The number of benzene rings is 1. The molecule has 102 valence electrons.